The highest BCUT2D eigenvalue weighted by Gasteiger charge is 2.33. The van der Waals surface area contributed by atoms with Gasteiger partial charge >= 0.3 is 6.18 Å². The third kappa shape index (κ3) is 3.15. The Bertz CT molecular complexity index is 567. The SMILES string of the molecule is CNc1cccc(Nc2ccccc2C(F)(F)F)n1. The minimum atomic E-state index is -4.40. The Kier molecular flexibility index (Phi) is 3.59. The van der Waals surface area contributed by atoms with Crippen LogP contribution in [0.3, 0.4) is 0 Å². The van der Waals surface area contributed by atoms with Gasteiger partial charge in [0.15, 0.2) is 0 Å². The molecule has 2 N–H and O–H groups in total. The van der Waals surface area contributed by atoms with Crippen LogP contribution in [0.15, 0.2) is 42.5 Å². The average molecular weight is 267 g/mol. The summed E-state index contributed by atoms with van der Waals surface area (Å²) in [6, 6.07) is 10.3. The van der Waals surface area contributed by atoms with E-state index in [2.05, 4.69) is 15.6 Å². The molecule has 0 bridgehead atoms. The van der Waals surface area contributed by atoms with Gasteiger partial charge in [-0.25, -0.2) is 4.98 Å². The van der Waals surface area contributed by atoms with Crippen LogP contribution < -0.4 is 10.6 Å². The number of halogens is 3. The van der Waals surface area contributed by atoms with Crippen molar-refractivity contribution in [3.63, 3.8) is 0 Å². The Morgan fingerprint density at radius 1 is 0.947 bits per heavy atom. The lowest BCUT2D eigenvalue weighted by atomic mass is 10.1. The van der Waals surface area contributed by atoms with Crippen molar-refractivity contribution >= 4 is 17.3 Å². The molecule has 0 radical (unpaired) electrons. The van der Waals surface area contributed by atoms with Gasteiger partial charge in [-0.1, -0.05) is 18.2 Å². The molecule has 2 aromatic rings. The lowest BCUT2D eigenvalue weighted by Gasteiger charge is -2.14. The number of alkyl halides is 3. The van der Waals surface area contributed by atoms with Crippen LogP contribution in [0.25, 0.3) is 0 Å². The van der Waals surface area contributed by atoms with Crippen molar-refractivity contribution in [3.8, 4) is 0 Å². The van der Waals surface area contributed by atoms with E-state index >= 15 is 0 Å². The van der Waals surface area contributed by atoms with Gasteiger partial charge in [0, 0.05) is 7.05 Å². The van der Waals surface area contributed by atoms with Crippen molar-refractivity contribution in [2.45, 2.75) is 6.18 Å². The number of nitrogens with zero attached hydrogens (tertiary/aromatic N) is 1. The van der Waals surface area contributed by atoms with Crippen molar-refractivity contribution in [2.24, 2.45) is 0 Å². The number of anilines is 3. The van der Waals surface area contributed by atoms with Crippen molar-refractivity contribution in [1.29, 1.82) is 0 Å². The normalized spacial score (nSPS) is 11.2. The minimum Gasteiger partial charge on any atom is -0.373 e. The largest absolute Gasteiger partial charge is 0.418 e. The summed E-state index contributed by atoms with van der Waals surface area (Å²) >= 11 is 0. The highest BCUT2D eigenvalue weighted by atomic mass is 19.4. The molecule has 1 aromatic heterocycles. The Balaban J connectivity index is 2.33. The number of aromatic nitrogens is 1. The van der Waals surface area contributed by atoms with Gasteiger partial charge in [-0.15, -0.1) is 0 Å². The van der Waals surface area contributed by atoms with Crippen LogP contribution >= 0.6 is 0 Å². The van der Waals surface area contributed by atoms with Crippen LogP contribution in [0.5, 0.6) is 0 Å². The first-order chi connectivity index (χ1) is 9.00. The Morgan fingerprint density at radius 2 is 1.63 bits per heavy atom. The van der Waals surface area contributed by atoms with E-state index in [9.17, 15) is 13.2 Å². The van der Waals surface area contributed by atoms with Gasteiger partial charge in [0.25, 0.3) is 0 Å². The monoisotopic (exact) mass is 267 g/mol. The van der Waals surface area contributed by atoms with Crippen LogP contribution in [0, 0.1) is 0 Å². The number of hydrogen-bond acceptors (Lipinski definition) is 3. The molecule has 3 nitrogen and oxygen atoms in total. The Hall–Kier alpha value is -2.24. The summed E-state index contributed by atoms with van der Waals surface area (Å²) in [5, 5.41) is 5.51. The first kappa shape index (κ1) is 13.2. The Labute approximate surface area is 108 Å². The lowest BCUT2D eigenvalue weighted by molar-refractivity contribution is -0.136. The number of rotatable bonds is 3. The van der Waals surface area contributed by atoms with E-state index in [1.165, 1.54) is 12.1 Å². The zero-order valence-electron chi connectivity index (χ0n) is 10.1. The van der Waals surface area contributed by atoms with E-state index in [4.69, 9.17) is 0 Å². The molecule has 0 unspecified atom stereocenters. The lowest BCUT2D eigenvalue weighted by Crippen LogP contribution is -2.09. The summed E-state index contributed by atoms with van der Waals surface area (Å²) in [7, 11) is 1.69. The van der Waals surface area contributed by atoms with Gasteiger partial charge in [0.2, 0.25) is 0 Å². The molecule has 1 aromatic carbocycles. The summed E-state index contributed by atoms with van der Waals surface area (Å²) in [5.41, 5.74) is -0.734. The van der Waals surface area contributed by atoms with Crippen molar-refractivity contribution < 1.29 is 13.2 Å². The number of nitrogens with one attached hydrogen (secondary N) is 2. The number of pyridine rings is 1. The Morgan fingerprint density at radius 3 is 2.32 bits per heavy atom. The predicted molar refractivity (Wildman–Crippen MR) is 68.5 cm³/mol. The van der Waals surface area contributed by atoms with Crippen LogP contribution in [-0.2, 0) is 6.18 Å². The summed E-state index contributed by atoms with van der Waals surface area (Å²) in [4.78, 5) is 4.12. The van der Waals surface area contributed by atoms with Crippen molar-refractivity contribution in [1.82, 2.24) is 4.98 Å². The van der Waals surface area contributed by atoms with Gasteiger partial charge < -0.3 is 10.6 Å². The first-order valence-electron chi connectivity index (χ1n) is 5.59. The van der Waals surface area contributed by atoms with E-state index in [1.54, 1.807) is 31.3 Å². The zero-order valence-corrected chi connectivity index (χ0v) is 10.1. The van der Waals surface area contributed by atoms with Gasteiger partial charge in [0.1, 0.15) is 11.6 Å². The van der Waals surface area contributed by atoms with Crippen LogP contribution in [0.2, 0.25) is 0 Å². The molecule has 0 fully saturated rings. The molecule has 1 heterocycles. The van der Waals surface area contributed by atoms with E-state index in [-0.39, 0.29) is 5.69 Å². The summed E-state index contributed by atoms with van der Waals surface area (Å²) in [6.07, 6.45) is -4.40. The van der Waals surface area contributed by atoms with Gasteiger partial charge in [-0.2, -0.15) is 13.2 Å². The standard InChI is InChI=1S/C13H12F3N3/c1-17-11-7-4-8-12(19-11)18-10-6-3-2-5-9(10)13(14,15)16/h2-8H,1H3,(H2,17,18,19). The maximum atomic E-state index is 12.8. The molecule has 19 heavy (non-hydrogen) atoms. The smallest absolute Gasteiger partial charge is 0.373 e. The molecule has 0 atom stereocenters. The van der Waals surface area contributed by atoms with E-state index in [1.807, 2.05) is 0 Å². The van der Waals surface area contributed by atoms with Crippen LogP contribution in [0.1, 0.15) is 5.56 Å². The fourth-order valence-electron chi connectivity index (χ4n) is 1.62. The maximum absolute atomic E-state index is 12.8. The second kappa shape index (κ2) is 5.17. The van der Waals surface area contributed by atoms with Gasteiger partial charge in [-0.05, 0) is 24.3 Å². The topological polar surface area (TPSA) is 37.0 Å². The van der Waals surface area contributed by atoms with Crippen molar-refractivity contribution in [2.75, 3.05) is 17.7 Å². The molecule has 0 aliphatic rings. The number of para-hydroxylation sites is 1. The summed E-state index contributed by atoms with van der Waals surface area (Å²) in [5.74, 6) is 0.929. The quantitative estimate of drug-likeness (QED) is 0.886. The van der Waals surface area contributed by atoms with E-state index in [0.717, 1.165) is 6.07 Å². The van der Waals surface area contributed by atoms with Gasteiger partial charge in [-0.3, -0.25) is 0 Å². The van der Waals surface area contributed by atoms with Crippen LogP contribution in [0.4, 0.5) is 30.5 Å². The molecule has 0 saturated heterocycles. The van der Waals surface area contributed by atoms with E-state index < -0.39 is 11.7 Å². The molecule has 6 heteroatoms. The summed E-state index contributed by atoms with van der Waals surface area (Å²) < 4.78 is 38.5. The second-order valence-corrected chi connectivity index (χ2v) is 3.83. The molecule has 2 rings (SSSR count). The predicted octanol–water partition coefficient (Wildman–Crippen LogP) is 3.89. The minimum absolute atomic E-state index is 0.0178. The maximum Gasteiger partial charge on any atom is 0.418 e. The third-order valence-corrected chi connectivity index (χ3v) is 2.50. The molecular weight excluding hydrogens is 255 g/mol. The van der Waals surface area contributed by atoms with Crippen molar-refractivity contribution in [3.05, 3.63) is 48.0 Å². The summed E-state index contributed by atoms with van der Waals surface area (Å²) in [6.45, 7) is 0. The molecule has 100 valence electrons. The highest BCUT2D eigenvalue weighted by Crippen LogP contribution is 2.35. The molecule has 0 aliphatic carbocycles. The third-order valence-electron chi connectivity index (χ3n) is 2.50. The van der Waals surface area contributed by atoms with E-state index in [0.29, 0.717) is 11.6 Å². The fourth-order valence-corrected chi connectivity index (χ4v) is 1.62. The molecule has 0 aliphatic heterocycles. The number of benzene rings is 1. The number of hydrogen-bond donors (Lipinski definition) is 2. The molecule has 0 amide bonds. The molecule has 0 spiro atoms. The van der Waals surface area contributed by atoms with Crippen LogP contribution in [-0.4, -0.2) is 12.0 Å². The average Bonchev–Trinajstić information content (AvgIpc) is 2.38. The zero-order chi connectivity index (χ0) is 13.9. The second-order valence-electron chi connectivity index (χ2n) is 3.83. The highest BCUT2D eigenvalue weighted by molar-refractivity contribution is 5.62. The van der Waals surface area contributed by atoms with Gasteiger partial charge in [0.05, 0.1) is 11.3 Å². The molecular formula is C13H12F3N3. The fraction of sp³-hybridized carbons (Fsp3) is 0.154. The first-order valence-corrected chi connectivity index (χ1v) is 5.59. The molecule has 0 saturated carbocycles.